The van der Waals surface area contributed by atoms with Gasteiger partial charge in [-0.2, -0.15) is 0 Å². The number of amides is 3. The summed E-state index contributed by atoms with van der Waals surface area (Å²) in [7, 11) is 0. The zero-order valence-electron chi connectivity index (χ0n) is 9.13. The second-order valence-corrected chi connectivity index (χ2v) is 4.78. The highest BCUT2D eigenvalue weighted by molar-refractivity contribution is 9.10. The average molecular weight is 310 g/mol. The van der Waals surface area contributed by atoms with Crippen LogP contribution < -0.4 is 10.2 Å². The van der Waals surface area contributed by atoms with Crippen LogP contribution in [0.3, 0.4) is 0 Å². The third-order valence-corrected chi connectivity index (χ3v) is 3.12. The summed E-state index contributed by atoms with van der Waals surface area (Å²) in [5.41, 5.74) is 1.19. The Morgan fingerprint density at radius 1 is 1.39 bits per heavy atom. The molecule has 2 aromatic rings. The topological polar surface area (TPSA) is 79.6 Å². The minimum atomic E-state index is -0.436. The molecule has 1 saturated heterocycles. The fraction of sp³-hybridized carbons (Fsp3) is 0.200. The highest BCUT2D eigenvalue weighted by atomic mass is 79.9. The van der Waals surface area contributed by atoms with E-state index in [1.54, 1.807) is 23.0 Å². The van der Waals surface area contributed by atoms with Crippen molar-refractivity contribution >= 4 is 39.2 Å². The van der Waals surface area contributed by atoms with Gasteiger partial charge in [0.25, 0.3) is 0 Å². The number of hydrogen-bond acceptors (Lipinski definition) is 4. The van der Waals surface area contributed by atoms with Crippen LogP contribution in [0.15, 0.2) is 23.1 Å². The van der Waals surface area contributed by atoms with Crippen LogP contribution >= 0.6 is 15.9 Å². The SMILES string of the molecule is O=C1CCN(c2cc(Br)cn3cnnc23)C(=O)N1. The van der Waals surface area contributed by atoms with E-state index in [1.165, 1.54) is 4.90 Å². The van der Waals surface area contributed by atoms with E-state index >= 15 is 0 Å². The minimum absolute atomic E-state index is 0.260. The fourth-order valence-corrected chi connectivity index (χ4v) is 2.32. The molecule has 0 aromatic carbocycles. The number of aromatic nitrogens is 3. The van der Waals surface area contributed by atoms with Crippen LogP contribution in [-0.4, -0.2) is 33.1 Å². The monoisotopic (exact) mass is 309 g/mol. The zero-order valence-corrected chi connectivity index (χ0v) is 10.7. The zero-order chi connectivity index (χ0) is 12.7. The summed E-state index contributed by atoms with van der Waals surface area (Å²) in [6.45, 7) is 0.337. The molecular formula is C10H8BrN5O2. The van der Waals surface area contributed by atoms with Gasteiger partial charge in [-0.3, -0.25) is 19.4 Å². The molecule has 1 aliphatic heterocycles. The Labute approximate surface area is 110 Å². The first kappa shape index (κ1) is 11.1. The van der Waals surface area contributed by atoms with Gasteiger partial charge in [0.2, 0.25) is 5.91 Å². The number of imide groups is 1. The lowest BCUT2D eigenvalue weighted by Crippen LogP contribution is -2.49. The van der Waals surface area contributed by atoms with E-state index in [0.29, 0.717) is 17.9 Å². The van der Waals surface area contributed by atoms with Crippen molar-refractivity contribution in [3.05, 3.63) is 23.1 Å². The summed E-state index contributed by atoms with van der Waals surface area (Å²) in [6.07, 6.45) is 3.63. The van der Waals surface area contributed by atoms with Gasteiger partial charge in [-0.25, -0.2) is 4.79 Å². The lowest BCUT2D eigenvalue weighted by atomic mass is 10.2. The van der Waals surface area contributed by atoms with Crippen LogP contribution in [-0.2, 0) is 4.79 Å². The standard InChI is InChI=1S/C10H8BrN5O2/c11-6-3-7(9-14-12-5-15(9)4-6)16-2-1-8(17)13-10(16)18/h3-5H,1-2H2,(H,13,17,18). The molecule has 1 aliphatic rings. The molecule has 0 bridgehead atoms. The highest BCUT2D eigenvalue weighted by Gasteiger charge is 2.26. The van der Waals surface area contributed by atoms with E-state index < -0.39 is 6.03 Å². The first-order valence-corrected chi connectivity index (χ1v) is 6.05. The Kier molecular flexibility index (Phi) is 2.51. The van der Waals surface area contributed by atoms with E-state index in [9.17, 15) is 9.59 Å². The molecule has 3 rings (SSSR count). The Bertz CT molecular complexity index is 653. The first-order valence-electron chi connectivity index (χ1n) is 5.25. The molecule has 1 fully saturated rings. The van der Waals surface area contributed by atoms with Gasteiger partial charge in [0.1, 0.15) is 6.33 Å². The van der Waals surface area contributed by atoms with Crippen molar-refractivity contribution in [2.24, 2.45) is 0 Å². The van der Waals surface area contributed by atoms with Crippen LogP contribution in [0.2, 0.25) is 0 Å². The summed E-state index contributed by atoms with van der Waals surface area (Å²) in [5, 5.41) is 10.1. The second-order valence-electron chi connectivity index (χ2n) is 3.86. The van der Waals surface area contributed by atoms with E-state index in [4.69, 9.17) is 0 Å². The molecule has 0 radical (unpaired) electrons. The summed E-state index contributed by atoms with van der Waals surface area (Å²) in [4.78, 5) is 24.4. The van der Waals surface area contributed by atoms with Crippen LogP contribution in [0.4, 0.5) is 10.5 Å². The molecule has 0 unspecified atom stereocenters. The maximum absolute atomic E-state index is 11.8. The Hall–Kier alpha value is -1.96. The summed E-state index contributed by atoms with van der Waals surface area (Å²) >= 11 is 3.36. The van der Waals surface area contributed by atoms with Gasteiger partial charge in [-0.05, 0) is 22.0 Å². The number of fused-ring (bicyclic) bond motifs is 1. The predicted molar refractivity (Wildman–Crippen MR) is 66.2 cm³/mol. The lowest BCUT2D eigenvalue weighted by molar-refractivity contribution is -0.120. The molecule has 0 saturated carbocycles. The molecule has 3 amide bonds. The largest absolute Gasteiger partial charge is 0.328 e. The van der Waals surface area contributed by atoms with Crippen molar-refractivity contribution in [1.29, 1.82) is 0 Å². The number of hydrogen-bond donors (Lipinski definition) is 1. The average Bonchev–Trinajstić information content (AvgIpc) is 2.76. The fourth-order valence-electron chi connectivity index (χ4n) is 1.88. The van der Waals surface area contributed by atoms with E-state index in [2.05, 4.69) is 31.4 Å². The van der Waals surface area contributed by atoms with Crippen LogP contribution in [0, 0.1) is 0 Å². The highest BCUT2D eigenvalue weighted by Crippen LogP contribution is 2.25. The summed E-state index contributed by atoms with van der Waals surface area (Å²) < 4.78 is 2.51. The molecule has 0 spiro atoms. The Morgan fingerprint density at radius 3 is 3.00 bits per heavy atom. The van der Waals surface area contributed by atoms with Crippen molar-refractivity contribution in [1.82, 2.24) is 19.9 Å². The molecule has 18 heavy (non-hydrogen) atoms. The number of rotatable bonds is 1. The Balaban J connectivity index is 2.11. The minimum Gasteiger partial charge on any atom is -0.290 e. The third-order valence-electron chi connectivity index (χ3n) is 2.68. The van der Waals surface area contributed by atoms with E-state index in [-0.39, 0.29) is 12.3 Å². The molecule has 8 heteroatoms. The van der Waals surface area contributed by atoms with E-state index in [1.807, 2.05) is 0 Å². The summed E-state index contributed by atoms with van der Waals surface area (Å²) in [6, 6.07) is 1.34. The van der Waals surface area contributed by atoms with Crippen LogP contribution in [0.5, 0.6) is 0 Å². The van der Waals surface area contributed by atoms with Gasteiger partial charge < -0.3 is 0 Å². The van der Waals surface area contributed by atoms with Gasteiger partial charge in [0.15, 0.2) is 5.65 Å². The third kappa shape index (κ3) is 1.74. The molecule has 1 N–H and O–H groups in total. The molecule has 0 aliphatic carbocycles. The molecule has 92 valence electrons. The normalized spacial score (nSPS) is 16.2. The van der Waals surface area contributed by atoms with Crippen LogP contribution in [0.25, 0.3) is 5.65 Å². The molecule has 0 atom stereocenters. The number of halogens is 1. The van der Waals surface area contributed by atoms with Crippen molar-refractivity contribution in [3.63, 3.8) is 0 Å². The number of nitrogens with zero attached hydrogens (tertiary/aromatic N) is 4. The number of carbonyl (C=O) groups is 2. The maximum atomic E-state index is 11.8. The van der Waals surface area contributed by atoms with Crippen molar-refractivity contribution in [2.75, 3.05) is 11.4 Å². The molecule has 2 aromatic heterocycles. The van der Waals surface area contributed by atoms with Crippen molar-refractivity contribution in [3.8, 4) is 0 Å². The van der Waals surface area contributed by atoms with Gasteiger partial charge >= 0.3 is 6.03 Å². The lowest BCUT2D eigenvalue weighted by Gasteiger charge is -2.26. The maximum Gasteiger partial charge on any atom is 0.328 e. The van der Waals surface area contributed by atoms with Crippen LogP contribution in [0.1, 0.15) is 6.42 Å². The van der Waals surface area contributed by atoms with Gasteiger partial charge in [0.05, 0.1) is 5.69 Å². The first-order chi connectivity index (χ1) is 8.65. The quantitative estimate of drug-likeness (QED) is 0.850. The molecular weight excluding hydrogens is 302 g/mol. The number of carbonyl (C=O) groups excluding carboxylic acids is 2. The number of anilines is 1. The second kappa shape index (κ2) is 4.05. The van der Waals surface area contributed by atoms with Crippen molar-refractivity contribution in [2.45, 2.75) is 6.42 Å². The summed E-state index contributed by atoms with van der Waals surface area (Å²) in [5.74, 6) is -0.260. The predicted octanol–water partition coefficient (Wildman–Crippen LogP) is 0.938. The number of urea groups is 1. The van der Waals surface area contributed by atoms with Gasteiger partial charge in [0, 0.05) is 23.6 Å². The number of pyridine rings is 1. The molecule has 7 nitrogen and oxygen atoms in total. The number of nitrogens with one attached hydrogen (secondary N) is 1. The van der Waals surface area contributed by atoms with Gasteiger partial charge in [-0.1, -0.05) is 0 Å². The Morgan fingerprint density at radius 2 is 2.22 bits per heavy atom. The van der Waals surface area contributed by atoms with Gasteiger partial charge in [-0.15, -0.1) is 10.2 Å². The smallest absolute Gasteiger partial charge is 0.290 e. The van der Waals surface area contributed by atoms with Crippen molar-refractivity contribution < 1.29 is 9.59 Å². The molecule has 3 heterocycles. The van der Waals surface area contributed by atoms with E-state index in [0.717, 1.165) is 4.47 Å².